The Balaban J connectivity index is 1.17. The van der Waals surface area contributed by atoms with Gasteiger partial charge in [-0.2, -0.15) is 18.1 Å². The fraction of sp³-hybridized carbons (Fsp3) is 0.550. The highest BCUT2D eigenvalue weighted by Crippen LogP contribution is 2.57. The van der Waals surface area contributed by atoms with E-state index in [4.69, 9.17) is 23.7 Å². The van der Waals surface area contributed by atoms with Crippen LogP contribution in [0.25, 0.3) is 22.3 Å². The minimum absolute atomic E-state index is 0.0217. The van der Waals surface area contributed by atoms with Crippen molar-refractivity contribution in [2.75, 3.05) is 18.9 Å². The molecule has 1 aliphatic carbocycles. The maximum absolute atomic E-state index is 13.3. The molecule has 3 fully saturated rings. The highest BCUT2D eigenvalue weighted by atomic mass is 32.7. The van der Waals surface area contributed by atoms with E-state index in [0.717, 1.165) is 0 Å². The topological polar surface area (TPSA) is 246 Å². The number of aromatic nitrogens is 9. The van der Waals surface area contributed by atoms with E-state index in [-0.39, 0.29) is 42.7 Å². The summed E-state index contributed by atoms with van der Waals surface area (Å²) in [6, 6.07) is -0.298. The fourth-order valence-electron chi connectivity index (χ4n) is 5.62. The second-order valence-corrected chi connectivity index (χ2v) is 14.4. The van der Waals surface area contributed by atoms with Gasteiger partial charge in [0.25, 0.3) is 5.56 Å². The lowest BCUT2D eigenvalue weighted by Crippen LogP contribution is -2.37. The molecular formula is C20H24N11O8PS2. The number of nitrogens with zero attached hydrogens (tertiary/aromatic N) is 8. The lowest BCUT2D eigenvalue weighted by atomic mass is 10.1. The summed E-state index contributed by atoms with van der Waals surface area (Å²) < 4.78 is 68.1. The number of nitrogen functional groups attached to an aromatic ring is 1. The van der Waals surface area contributed by atoms with Crippen molar-refractivity contribution in [1.82, 2.24) is 49.2 Å². The third-order valence-corrected chi connectivity index (χ3v) is 10.1. The minimum Gasteiger partial charge on any atom is -0.369 e. The molecule has 2 saturated heterocycles. The Morgan fingerprint density at radius 2 is 2.02 bits per heavy atom. The molecule has 2 aliphatic heterocycles. The van der Waals surface area contributed by atoms with Crippen LogP contribution in [0.15, 0.2) is 23.6 Å². The molecule has 6 heterocycles. The molecule has 4 aromatic heterocycles. The minimum atomic E-state index is -4.34. The molecule has 7 atom stereocenters. The molecule has 2 bridgehead atoms. The Bertz CT molecular complexity index is 1880. The van der Waals surface area contributed by atoms with Gasteiger partial charge >= 0.3 is 17.1 Å². The average molecular weight is 642 g/mol. The van der Waals surface area contributed by atoms with Crippen molar-refractivity contribution in [3.63, 3.8) is 0 Å². The molecule has 224 valence electrons. The number of imidazole rings is 1. The molecule has 3 aliphatic rings. The Hall–Kier alpha value is -3.04. The number of hydrogen-bond donors (Lipinski definition) is 4. The van der Waals surface area contributed by atoms with Crippen LogP contribution < -0.4 is 16.0 Å². The Kier molecular flexibility index (Phi) is 6.81. The van der Waals surface area contributed by atoms with Gasteiger partial charge < -0.3 is 10.5 Å². The van der Waals surface area contributed by atoms with Crippen LogP contribution in [-0.4, -0.2) is 84.4 Å². The number of H-pyrrole nitrogens is 1. The largest absolute Gasteiger partial charge is 0.386 e. The molecule has 7 rings (SSSR count). The van der Waals surface area contributed by atoms with E-state index in [1.807, 2.05) is 0 Å². The number of ether oxygens (including phenoxy) is 1. The van der Waals surface area contributed by atoms with Gasteiger partial charge in [-0.25, -0.2) is 28.4 Å². The van der Waals surface area contributed by atoms with Crippen LogP contribution in [0.3, 0.4) is 0 Å². The second-order valence-electron chi connectivity index (χ2n) is 10.2. The van der Waals surface area contributed by atoms with Crippen molar-refractivity contribution in [2.24, 2.45) is 5.92 Å². The van der Waals surface area contributed by atoms with Crippen molar-refractivity contribution >= 4 is 57.6 Å². The van der Waals surface area contributed by atoms with Gasteiger partial charge in [0.15, 0.2) is 28.6 Å². The number of aromatic amines is 1. The van der Waals surface area contributed by atoms with Crippen LogP contribution in [0.1, 0.15) is 31.5 Å². The van der Waals surface area contributed by atoms with Gasteiger partial charge in [0, 0.05) is 18.9 Å². The third kappa shape index (κ3) is 5.19. The average Bonchev–Trinajstić information content (AvgIpc) is 3.70. The lowest BCUT2D eigenvalue weighted by molar-refractivity contribution is -0.0419. The summed E-state index contributed by atoms with van der Waals surface area (Å²) in [7, 11) is -4.34. The summed E-state index contributed by atoms with van der Waals surface area (Å²) in [4.78, 5) is 31.0. The number of hydrogen-bond acceptors (Lipinski definition) is 15. The standard InChI is InChI=1S/C20H24N11O8PS2/c21-20-26-17-15(18(32)27-20)24-8-30(17)19-14-3-11(37-19)6-36-40(33,41)38-13-2-10(1-9(13)4-25-42(34,35)39-14)31-16-12(28-29-31)5-22-7-23-16/h5,7-11,13-14,19,25H,1-4,6H2,(H,33,41)(H3,21,26,27,32)/t9-,10-,11+,13+,14-,19-,40-/m1/s1. The monoisotopic (exact) mass is 641 g/mol. The van der Waals surface area contributed by atoms with E-state index in [0.29, 0.717) is 24.0 Å². The molecule has 4 aromatic rings. The Morgan fingerprint density at radius 3 is 2.88 bits per heavy atom. The van der Waals surface area contributed by atoms with Gasteiger partial charge in [0.05, 0.1) is 37.4 Å². The summed E-state index contributed by atoms with van der Waals surface area (Å²) >= 11 is 4.19. The number of nitrogens with two attached hydrogens (primary N) is 1. The highest BCUT2D eigenvalue weighted by Gasteiger charge is 2.45. The van der Waals surface area contributed by atoms with Gasteiger partial charge in [-0.3, -0.25) is 23.4 Å². The van der Waals surface area contributed by atoms with Crippen LogP contribution >= 0.6 is 19.0 Å². The Labute approximate surface area is 241 Å². The van der Waals surface area contributed by atoms with E-state index < -0.39 is 53.1 Å². The first-order chi connectivity index (χ1) is 20.1. The lowest BCUT2D eigenvalue weighted by Gasteiger charge is -2.25. The van der Waals surface area contributed by atoms with Gasteiger partial charge in [-0.15, -0.1) is 5.10 Å². The number of fused-ring (bicyclic) bond motifs is 5. The van der Waals surface area contributed by atoms with E-state index in [1.54, 1.807) is 4.68 Å². The molecule has 0 radical (unpaired) electrons. The first-order valence-electron chi connectivity index (χ1n) is 12.8. The summed E-state index contributed by atoms with van der Waals surface area (Å²) in [5.74, 6) is -0.620. The van der Waals surface area contributed by atoms with Gasteiger partial charge in [-0.1, -0.05) is 17.5 Å². The zero-order valence-electron chi connectivity index (χ0n) is 21.5. The van der Waals surface area contributed by atoms with Crippen LogP contribution in [0, 0.1) is 5.92 Å². The number of nitrogens with one attached hydrogen (secondary N) is 2. The first-order valence-corrected chi connectivity index (χ1v) is 16.9. The van der Waals surface area contributed by atoms with Crippen molar-refractivity contribution < 1.29 is 31.0 Å². The van der Waals surface area contributed by atoms with E-state index in [2.05, 4.69) is 52.2 Å². The normalized spacial score (nSPS) is 33.6. The zero-order valence-corrected chi connectivity index (χ0v) is 24.1. The zero-order chi connectivity index (χ0) is 29.2. The molecule has 0 amide bonds. The molecule has 1 saturated carbocycles. The molecule has 0 aromatic carbocycles. The summed E-state index contributed by atoms with van der Waals surface area (Å²) in [6.45, 7) is -4.30. The van der Waals surface area contributed by atoms with Crippen molar-refractivity contribution in [3.8, 4) is 0 Å². The summed E-state index contributed by atoms with van der Waals surface area (Å²) in [6.07, 6.45) is 1.23. The van der Waals surface area contributed by atoms with Crippen molar-refractivity contribution in [2.45, 2.75) is 49.8 Å². The quantitative estimate of drug-likeness (QED) is 0.164. The maximum atomic E-state index is 13.3. The van der Waals surface area contributed by atoms with Crippen LogP contribution in [-0.2, 0) is 32.8 Å². The van der Waals surface area contributed by atoms with Gasteiger partial charge in [-0.05, 0) is 12.8 Å². The number of thiol groups is 1. The first kappa shape index (κ1) is 27.8. The van der Waals surface area contributed by atoms with Crippen LogP contribution in [0.2, 0.25) is 0 Å². The fourth-order valence-corrected chi connectivity index (χ4v) is 8.18. The van der Waals surface area contributed by atoms with Crippen LogP contribution in [0.4, 0.5) is 5.95 Å². The molecule has 0 spiro atoms. The van der Waals surface area contributed by atoms with Crippen molar-refractivity contribution in [3.05, 3.63) is 29.2 Å². The van der Waals surface area contributed by atoms with E-state index >= 15 is 0 Å². The summed E-state index contributed by atoms with van der Waals surface area (Å²) in [5.41, 5.74) is 6.17. The second kappa shape index (κ2) is 10.3. The number of anilines is 1. The molecule has 42 heavy (non-hydrogen) atoms. The molecule has 22 heteroatoms. The Morgan fingerprint density at radius 1 is 1.17 bits per heavy atom. The smallest absolute Gasteiger partial charge is 0.369 e. The van der Waals surface area contributed by atoms with Gasteiger partial charge in [0.1, 0.15) is 12.4 Å². The molecule has 0 unspecified atom stereocenters. The van der Waals surface area contributed by atoms with E-state index in [1.165, 1.54) is 23.4 Å². The predicted molar refractivity (Wildman–Crippen MR) is 145 cm³/mol. The van der Waals surface area contributed by atoms with E-state index in [9.17, 15) is 17.8 Å². The molecule has 4 N–H and O–H groups in total. The summed E-state index contributed by atoms with van der Waals surface area (Å²) in [5, 5.41) is 8.27. The van der Waals surface area contributed by atoms with Crippen molar-refractivity contribution in [1.29, 1.82) is 0 Å². The van der Waals surface area contributed by atoms with Gasteiger partial charge in [0.2, 0.25) is 5.95 Å². The van der Waals surface area contributed by atoms with Crippen LogP contribution in [0.5, 0.6) is 0 Å². The highest BCUT2D eigenvalue weighted by molar-refractivity contribution is 8.44. The maximum Gasteiger partial charge on any atom is 0.386 e. The third-order valence-electron chi connectivity index (χ3n) is 7.42. The predicted octanol–water partition coefficient (Wildman–Crippen LogP) is -0.152. The molecular weight excluding hydrogens is 617 g/mol. The SMILES string of the molecule is Nc1nc2c(ncn2[C@@H]2O[C@@H]3CO[P@@](=O)(S)O[C@H]4C[C@H](n5nnc6cncnc65)C[C@@H]4CNS(=O)(=O)O[C@@H]2C3)c(=O)[nH]1. The number of rotatable bonds is 2. The molecule has 19 nitrogen and oxygen atoms in total.